The third kappa shape index (κ3) is 3.12. The van der Waals surface area contributed by atoms with Crippen molar-refractivity contribution in [3.8, 4) is 0 Å². The molecule has 1 aromatic carbocycles. The molecule has 1 saturated heterocycles. The molecule has 0 radical (unpaired) electrons. The summed E-state index contributed by atoms with van der Waals surface area (Å²) in [7, 11) is 0. The molecular weight excluding hydrogens is 292 g/mol. The zero-order chi connectivity index (χ0) is 16.4. The lowest BCUT2D eigenvalue weighted by Crippen LogP contribution is -2.35. The monoisotopic (exact) mass is 314 g/mol. The average Bonchev–Trinajstić information content (AvgIpc) is 2.97. The van der Waals surface area contributed by atoms with Gasteiger partial charge in [-0.05, 0) is 30.5 Å². The fourth-order valence-electron chi connectivity index (χ4n) is 3.04. The summed E-state index contributed by atoms with van der Waals surface area (Å²) in [6, 6.07) is 7.24. The van der Waals surface area contributed by atoms with Gasteiger partial charge in [0.15, 0.2) is 0 Å². The quantitative estimate of drug-likeness (QED) is 0.912. The van der Waals surface area contributed by atoms with Gasteiger partial charge in [-0.3, -0.25) is 14.2 Å². The van der Waals surface area contributed by atoms with Crippen LogP contribution in [0.3, 0.4) is 0 Å². The number of nitrogens with zero attached hydrogens (tertiary/aromatic N) is 3. The van der Waals surface area contributed by atoms with Gasteiger partial charge in [0.2, 0.25) is 5.91 Å². The summed E-state index contributed by atoms with van der Waals surface area (Å²) in [6.07, 6.45) is 2.76. The van der Waals surface area contributed by atoms with Crippen LogP contribution >= 0.6 is 0 Å². The number of nitrogens with two attached hydrogens (primary N) is 1. The molecule has 1 unspecified atom stereocenters. The van der Waals surface area contributed by atoms with Crippen LogP contribution in [0.25, 0.3) is 10.9 Å². The zero-order valence-electron chi connectivity index (χ0n) is 13.4. The van der Waals surface area contributed by atoms with Gasteiger partial charge in [-0.15, -0.1) is 0 Å². The fraction of sp³-hybridized carbons (Fsp3) is 0.471. The van der Waals surface area contributed by atoms with Crippen molar-refractivity contribution in [3.63, 3.8) is 0 Å². The van der Waals surface area contributed by atoms with Crippen LogP contribution in [-0.2, 0) is 11.3 Å². The van der Waals surface area contributed by atoms with Crippen molar-refractivity contribution in [1.82, 2.24) is 14.5 Å². The number of carbonyl (C=O) groups excluding carboxylic acids is 1. The molecule has 3 rings (SSSR count). The highest BCUT2D eigenvalue weighted by atomic mass is 16.2. The smallest absolute Gasteiger partial charge is 0.261 e. The maximum Gasteiger partial charge on any atom is 0.261 e. The van der Waals surface area contributed by atoms with E-state index in [9.17, 15) is 9.59 Å². The van der Waals surface area contributed by atoms with Gasteiger partial charge in [0.25, 0.3) is 5.56 Å². The van der Waals surface area contributed by atoms with Gasteiger partial charge >= 0.3 is 0 Å². The molecule has 6 heteroatoms. The van der Waals surface area contributed by atoms with Gasteiger partial charge in [-0.1, -0.05) is 19.1 Å². The first-order valence-electron chi connectivity index (χ1n) is 7.94. The van der Waals surface area contributed by atoms with E-state index in [0.717, 1.165) is 13.0 Å². The molecule has 0 saturated carbocycles. The highest BCUT2D eigenvalue weighted by Crippen LogP contribution is 2.28. The third-order valence-electron chi connectivity index (χ3n) is 4.70. The highest BCUT2D eigenvalue weighted by Gasteiger charge is 2.34. The first-order chi connectivity index (χ1) is 11.0. The molecule has 1 amide bonds. The molecule has 1 aliphatic rings. The predicted octanol–water partition coefficient (Wildman–Crippen LogP) is 0.984. The van der Waals surface area contributed by atoms with Crippen molar-refractivity contribution in [3.05, 3.63) is 40.9 Å². The van der Waals surface area contributed by atoms with Crippen molar-refractivity contribution in [2.75, 3.05) is 19.6 Å². The Morgan fingerprint density at radius 1 is 1.39 bits per heavy atom. The molecule has 1 aliphatic heterocycles. The molecule has 1 atom stereocenters. The maximum absolute atomic E-state index is 12.4. The Balaban J connectivity index is 1.68. The minimum Gasteiger partial charge on any atom is -0.342 e. The molecule has 2 heterocycles. The molecule has 2 N–H and O–H groups in total. The minimum atomic E-state index is -0.100. The summed E-state index contributed by atoms with van der Waals surface area (Å²) >= 11 is 0. The number of likely N-dealkylation sites (tertiary alicyclic amines) is 1. The second-order valence-electron chi connectivity index (χ2n) is 6.59. The van der Waals surface area contributed by atoms with Crippen LogP contribution in [0, 0.1) is 5.41 Å². The van der Waals surface area contributed by atoms with E-state index in [4.69, 9.17) is 5.73 Å². The van der Waals surface area contributed by atoms with Crippen molar-refractivity contribution in [2.45, 2.75) is 26.3 Å². The molecule has 122 valence electrons. The van der Waals surface area contributed by atoms with E-state index in [-0.39, 0.29) is 16.9 Å². The second-order valence-corrected chi connectivity index (χ2v) is 6.59. The Kier molecular flexibility index (Phi) is 4.17. The Morgan fingerprint density at radius 2 is 2.17 bits per heavy atom. The molecule has 2 aromatic rings. The van der Waals surface area contributed by atoms with Crippen LogP contribution in [0.4, 0.5) is 0 Å². The summed E-state index contributed by atoms with van der Waals surface area (Å²) < 4.78 is 1.51. The van der Waals surface area contributed by atoms with Crippen molar-refractivity contribution < 1.29 is 4.79 Å². The van der Waals surface area contributed by atoms with Crippen molar-refractivity contribution in [1.29, 1.82) is 0 Å². The SMILES string of the molecule is CC1(CN)CCN(C(=O)CCn2cnc3ccccc3c2=O)C1. The topological polar surface area (TPSA) is 81.2 Å². The molecule has 23 heavy (non-hydrogen) atoms. The van der Waals surface area contributed by atoms with E-state index in [1.165, 1.54) is 10.9 Å². The van der Waals surface area contributed by atoms with Gasteiger partial charge in [0.1, 0.15) is 0 Å². The zero-order valence-corrected chi connectivity index (χ0v) is 13.4. The first kappa shape index (κ1) is 15.7. The average molecular weight is 314 g/mol. The summed E-state index contributed by atoms with van der Waals surface area (Å²) in [5.74, 6) is 0.0715. The van der Waals surface area contributed by atoms with Crippen LogP contribution in [-0.4, -0.2) is 40.0 Å². The van der Waals surface area contributed by atoms with Crippen LogP contribution in [0.15, 0.2) is 35.4 Å². The maximum atomic E-state index is 12.4. The van der Waals surface area contributed by atoms with Crippen LogP contribution in [0.1, 0.15) is 19.8 Å². The normalized spacial score (nSPS) is 21.0. The van der Waals surface area contributed by atoms with Crippen LogP contribution in [0.2, 0.25) is 0 Å². The number of hydrogen-bond acceptors (Lipinski definition) is 4. The standard InChI is InChI=1S/C17H22N4O2/c1-17(10-18)7-9-20(11-17)15(22)6-8-21-12-19-14-5-3-2-4-13(14)16(21)23/h2-5,12H,6-11,18H2,1H3. The summed E-state index contributed by atoms with van der Waals surface area (Å²) in [6.45, 7) is 4.50. The van der Waals surface area contributed by atoms with E-state index in [0.29, 0.717) is 37.0 Å². The number of hydrogen-bond donors (Lipinski definition) is 1. The largest absolute Gasteiger partial charge is 0.342 e. The van der Waals surface area contributed by atoms with Crippen molar-refractivity contribution >= 4 is 16.8 Å². The molecule has 1 aromatic heterocycles. The number of aryl methyl sites for hydroxylation is 1. The van der Waals surface area contributed by atoms with E-state index in [1.54, 1.807) is 6.07 Å². The molecule has 1 fully saturated rings. The Hall–Kier alpha value is -2.21. The minimum absolute atomic E-state index is 0.0248. The summed E-state index contributed by atoms with van der Waals surface area (Å²) in [5.41, 5.74) is 6.38. The first-order valence-corrected chi connectivity index (χ1v) is 7.94. The molecular formula is C17H22N4O2. The Bertz CT molecular complexity index is 786. The lowest BCUT2D eigenvalue weighted by Gasteiger charge is -2.22. The second kappa shape index (κ2) is 6.12. The number of aromatic nitrogens is 2. The Labute approximate surface area is 134 Å². The van der Waals surface area contributed by atoms with Crippen molar-refractivity contribution in [2.24, 2.45) is 11.1 Å². The van der Waals surface area contributed by atoms with E-state index in [2.05, 4.69) is 11.9 Å². The summed E-state index contributed by atoms with van der Waals surface area (Å²) in [4.78, 5) is 30.9. The number of carbonyl (C=O) groups is 1. The van der Waals surface area contributed by atoms with E-state index < -0.39 is 0 Å². The van der Waals surface area contributed by atoms with Gasteiger partial charge in [0.05, 0.1) is 17.2 Å². The van der Waals surface area contributed by atoms with E-state index >= 15 is 0 Å². The number of amides is 1. The number of benzene rings is 1. The lowest BCUT2D eigenvalue weighted by molar-refractivity contribution is -0.130. The van der Waals surface area contributed by atoms with Gasteiger partial charge in [-0.2, -0.15) is 0 Å². The molecule has 0 bridgehead atoms. The lowest BCUT2D eigenvalue weighted by atomic mass is 9.90. The molecule has 6 nitrogen and oxygen atoms in total. The van der Waals surface area contributed by atoms with Crippen LogP contribution in [0.5, 0.6) is 0 Å². The Morgan fingerprint density at radius 3 is 2.91 bits per heavy atom. The molecule has 0 aliphatic carbocycles. The highest BCUT2D eigenvalue weighted by molar-refractivity contribution is 5.77. The number of para-hydroxylation sites is 1. The summed E-state index contributed by atoms with van der Waals surface area (Å²) in [5, 5.41) is 0.583. The molecule has 0 spiro atoms. The van der Waals surface area contributed by atoms with Gasteiger partial charge in [-0.25, -0.2) is 4.98 Å². The predicted molar refractivity (Wildman–Crippen MR) is 89.0 cm³/mol. The van der Waals surface area contributed by atoms with E-state index in [1.807, 2.05) is 23.1 Å². The number of rotatable bonds is 4. The van der Waals surface area contributed by atoms with Crippen LogP contribution < -0.4 is 11.3 Å². The van der Waals surface area contributed by atoms with Gasteiger partial charge < -0.3 is 10.6 Å². The third-order valence-corrected chi connectivity index (χ3v) is 4.70. The number of fused-ring (bicyclic) bond motifs is 1. The fourth-order valence-corrected chi connectivity index (χ4v) is 3.04. The van der Waals surface area contributed by atoms with Gasteiger partial charge in [0, 0.05) is 26.1 Å².